The fourth-order valence-corrected chi connectivity index (χ4v) is 1.44. The van der Waals surface area contributed by atoms with E-state index in [9.17, 15) is 4.39 Å². The quantitative estimate of drug-likeness (QED) is 0.345. The Bertz CT molecular complexity index is 410. The second-order valence-electron chi connectivity index (χ2n) is 4.40. The van der Waals surface area contributed by atoms with Gasteiger partial charge in [0.05, 0.1) is 10.6 Å². The van der Waals surface area contributed by atoms with Crippen LogP contribution in [0.15, 0.2) is 23.2 Å². The third-order valence-electron chi connectivity index (χ3n) is 1.77. The van der Waals surface area contributed by atoms with Crippen molar-refractivity contribution in [2.45, 2.75) is 26.3 Å². The van der Waals surface area contributed by atoms with Gasteiger partial charge < -0.3 is 5.43 Å². The molecule has 0 aliphatic rings. The van der Waals surface area contributed by atoms with Gasteiger partial charge in [-0.05, 0) is 39.0 Å². The molecule has 3 nitrogen and oxygen atoms in total. The third kappa shape index (κ3) is 3.47. The number of nitrogens with one attached hydrogen (secondary N) is 1. The molecule has 0 bridgehead atoms. The van der Waals surface area contributed by atoms with Crippen molar-refractivity contribution >= 4 is 17.4 Å². The highest BCUT2D eigenvalue weighted by Gasteiger charge is 2.13. The summed E-state index contributed by atoms with van der Waals surface area (Å²) in [6.07, 6.45) is 0. The fraction of sp³-hybridized carbons (Fsp3) is 0.364. The molecule has 0 fully saturated rings. The molecule has 1 rings (SSSR count). The predicted molar refractivity (Wildman–Crippen MR) is 65.0 cm³/mol. The Kier molecular flexibility index (Phi) is 3.88. The molecule has 1 aromatic carbocycles. The van der Waals surface area contributed by atoms with Crippen LogP contribution in [-0.4, -0.2) is 11.4 Å². The molecule has 1 aromatic rings. The Morgan fingerprint density at radius 1 is 1.44 bits per heavy atom. The van der Waals surface area contributed by atoms with Gasteiger partial charge in [0.15, 0.2) is 0 Å². The van der Waals surface area contributed by atoms with E-state index in [0.29, 0.717) is 11.4 Å². The summed E-state index contributed by atoms with van der Waals surface area (Å²) in [5, 5.41) is 0.279. The van der Waals surface area contributed by atoms with E-state index >= 15 is 0 Å². The van der Waals surface area contributed by atoms with Crippen molar-refractivity contribution < 1.29 is 4.39 Å². The van der Waals surface area contributed by atoms with Gasteiger partial charge >= 0.3 is 0 Å². The van der Waals surface area contributed by atoms with Crippen molar-refractivity contribution in [1.82, 2.24) is 5.43 Å². The van der Waals surface area contributed by atoms with Crippen molar-refractivity contribution in [3.63, 3.8) is 0 Å². The molecule has 0 atom stereocenters. The maximum atomic E-state index is 12.9. The molecule has 0 aliphatic carbocycles. The lowest BCUT2D eigenvalue weighted by atomic mass is 10.1. The maximum absolute atomic E-state index is 12.9. The van der Waals surface area contributed by atoms with Crippen LogP contribution in [0.5, 0.6) is 0 Å². The first-order chi connectivity index (χ1) is 7.33. The zero-order chi connectivity index (χ0) is 12.3. The summed E-state index contributed by atoms with van der Waals surface area (Å²) >= 11 is 5.92. The summed E-state index contributed by atoms with van der Waals surface area (Å²) < 4.78 is 12.9. The van der Waals surface area contributed by atoms with Gasteiger partial charge in [0, 0.05) is 5.56 Å². The lowest BCUT2D eigenvalue weighted by molar-refractivity contribution is 0.580. The first-order valence-corrected chi connectivity index (χ1v) is 5.23. The van der Waals surface area contributed by atoms with E-state index in [2.05, 4.69) is 10.4 Å². The van der Waals surface area contributed by atoms with Crippen LogP contribution < -0.4 is 11.3 Å². The first kappa shape index (κ1) is 12.9. The van der Waals surface area contributed by atoms with E-state index in [4.69, 9.17) is 17.4 Å². The zero-order valence-electron chi connectivity index (χ0n) is 9.51. The molecular weight excluding hydrogens is 229 g/mol. The minimum atomic E-state index is -0.388. The highest BCUT2D eigenvalue weighted by Crippen LogP contribution is 2.19. The van der Waals surface area contributed by atoms with Gasteiger partial charge in [0.25, 0.3) is 0 Å². The molecule has 0 radical (unpaired) electrons. The van der Waals surface area contributed by atoms with Crippen molar-refractivity contribution in [2.24, 2.45) is 10.8 Å². The van der Waals surface area contributed by atoms with Crippen LogP contribution in [0.25, 0.3) is 0 Å². The van der Waals surface area contributed by atoms with Gasteiger partial charge in [-0.15, -0.1) is 0 Å². The van der Waals surface area contributed by atoms with E-state index in [1.807, 2.05) is 20.8 Å². The van der Waals surface area contributed by atoms with E-state index in [0.717, 1.165) is 0 Å². The molecular formula is C11H15ClFN3. The fourth-order valence-electron chi connectivity index (χ4n) is 1.19. The van der Waals surface area contributed by atoms with Crippen molar-refractivity contribution in [1.29, 1.82) is 0 Å². The number of aliphatic imine (C=N–C) groups is 1. The van der Waals surface area contributed by atoms with Gasteiger partial charge in [-0.2, -0.15) is 0 Å². The Morgan fingerprint density at radius 2 is 2.06 bits per heavy atom. The summed E-state index contributed by atoms with van der Waals surface area (Å²) in [4.78, 5) is 4.36. The number of halogens is 2. The largest absolute Gasteiger partial charge is 0.308 e. The van der Waals surface area contributed by atoms with Gasteiger partial charge in [-0.25, -0.2) is 10.2 Å². The molecule has 0 spiro atoms. The Labute approximate surface area is 99.5 Å². The van der Waals surface area contributed by atoms with Crippen LogP contribution in [0.3, 0.4) is 0 Å². The number of hydrazine groups is 1. The Balaban J connectivity index is 3.19. The number of benzene rings is 1. The number of hydrogen-bond acceptors (Lipinski definition) is 2. The van der Waals surface area contributed by atoms with Crippen LogP contribution >= 0.6 is 11.6 Å². The molecule has 0 saturated heterocycles. The minimum absolute atomic E-state index is 0.279. The topological polar surface area (TPSA) is 50.4 Å². The first-order valence-electron chi connectivity index (χ1n) is 4.85. The molecule has 0 saturated carbocycles. The molecule has 0 aromatic heterocycles. The lowest BCUT2D eigenvalue weighted by Crippen LogP contribution is -2.33. The lowest BCUT2D eigenvalue weighted by Gasteiger charge is -2.16. The second-order valence-corrected chi connectivity index (χ2v) is 4.81. The SMILES string of the molecule is CC(C)(C)N=C(NN)c1ccc(F)cc1Cl. The van der Waals surface area contributed by atoms with Gasteiger partial charge in [0.1, 0.15) is 11.7 Å². The van der Waals surface area contributed by atoms with E-state index < -0.39 is 0 Å². The van der Waals surface area contributed by atoms with Gasteiger partial charge in [0.2, 0.25) is 0 Å². The molecule has 3 N–H and O–H groups in total. The van der Waals surface area contributed by atoms with E-state index in [1.165, 1.54) is 12.1 Å². The summed E-state index contributed by atoms with van der Waals surface area (Å²) in [6, 6.07) is 4.09. The Hall–Kier alpha value is -1.13. The van der Waals surface area contributed by atoms with Crippen LogP contribution in [0.4, 0.5) is 4.39 Å². The average molecular weight is 244 g/mol. The molecule has 5 heteroatoms. The van der Waals surface area contributed by atoms with Crippen LogP contribution in [0.1, 0.15) is 26.3 Å². The number of amidine groups is 1. The van der Waals surface area contributed by atoms with E-state index in [-0.39, 0.29) is 16.4 Å². The van der Waals surface area contributed by atoms with E-state index in [1.54, 1.807) is 6.07 Å². The summed E-state index contributed by atoms with van der Waals surface area (Å²) in [5.41, 5.74) is 2.77. The summed E-state index contributed by atoms with van der Waals surface area (Å²) in [7, 11) is 0. The molecule has 88 valence electrons. The van der Waals surface area contributed by atoms with Crippen LogP contribution in [0, 0.1) is 5.82 Å². The third-order valence-corrected chi connectivity index (χ3v) is 2.08. The number of nitrogens with two attached hydrogens (primary N) is 1. The standard InChI is InChI=1S/C11H15ClFN3/c1-11(2,3)15-10(16-14)8-5-4-7(13)6-9(8)12/h4-6H,14H2,1-3H3,(H,15,16). The summed E-state index contributed by atoms with van der Waals surface area (Å²) in [5.74, 6) is 5.44. The average Bonchev–Trinajstić information content (AvgIpc) is 2.13. The maximum Gasteiger partial charge on any atom is 0.144 e. The number of nitrogens with zero attached hydrogens (tertiary/aromatic N) is 1. The van der Waals surface area contributed by atoms with Crippen LogP contribution in [0.2, 0.25) is 5.02 Å². The van der Waals surface area contributed by atoms with Gasteiger partial charge in [-0.3, -0.25) is 4.99 Å². The Morgan fingerprint density at radius 3 is 2.50 bits per heavy atom. The minimum Gasteiger partial charge on any atom is -0.308 e. The van der Waals surface area contributed by atoms with Crippen molar-refractivity contribution in [3.8, 4) is 0 Å². The monoisotopic (exact) mass is 243 g/mol. The molecule has 0 unspecified atom stereocenters. The summed E-state index contributed by atoms with van der Waals surface area (Å²) in [6.45, 7) is 5.80. The second kappa shape index (κ2) is 4.80. The molecule has 0 heterocycles. The molecule has 16 heavy (non-hydrogen) atoms. The van der Waals surface area contributed by atoms with Gasteiger partial charge in [-0.1, -0.05) is 11.6 Å². The number of hydrogen-bond donors (Lipinski definition) is 2. The number of rotatable bonds is 1. The highest BCUT2D eigenvalue weighted by atomic mass is 35.5. The normalized spacial score (nSPS) is 12.8. The van der Waals surface area contributed by atoms with Crippen molar-refractivity contribution in [3.05, 3.63) is 34.6 Å². The smallest absolute Gasteiger partial charge is 0.144 e. The highest BCUT2D eigenvalue weighted by molar-refractivity contribution is 6.34. The van der Waals surface area contributed by atoms with Crippen molar-refractivity contribution in [2.75, 3.05) is 0 Å². The molecule has 0 aliphatic heterocycles. The predicted octanol–water partition coefficient (Wildman–Crippen LogP) is 2.49. The zero-order valence-corrected chi connectivity index (χ0v) is 10.3. The molecule has 0 amide bonds. The van der Waals surface area contributed by atoms with Crippen LogP contribution in [-0.2, 0) is 0 Å².